The quantitative estimate of drug-likeness (QED) is 0.247. The van der Waals surface area contributed by atoms with Crippen LogP contribution in [0, 0.1) is 0 Å². The van der Waals surface area contributed by atoms with Gasteiger partial charge in [0.2, 0.25) is 0 Å². The van der Waals surface area contributed by atoms with Crippen LogP contribution in [-0.2, 0) is 0 Å². The van der Waals surface area contributed by atoms with E-state index in [0.29, 0.717) is 0 Å². The van der Waals surface area contributed by atoms with Crippen LogP contribution in [-0.4, -0.2) is 9.97 Å². The number of hydrogen-bond donors (Lipinski definition) is 0. The third-order valence-electron chi connectivity index (χ3n) is 6.87. The average molecular weight is 459 g/mol. The van der Waals surface area contributed by atoms with Crippen LogP contribution < -0.4 is 0 Å². The first kappa shape index (κ1) is 20.5. The fourth-order valence-electron chi connectivity index (χ4n) is 5.08. The van der Waals surface area contributed by atoms with E-state index in [0.717, 1.165) is 44.3 Å². The van der Waals surface area contributed by atoms with Crippen LogP contribution in [0.1, 0.15) is 0 Å². The molecule has 2 nitrogen and oxygen atoms in total. The highest BCUT2D eigenvalue weighted by molar-refractivity contribution is 6.07. The van der Waals surface area contributed by atoms with E-state index < -0.39 is 0 Å². The Kier molecular flexibility index (Phi) is 4.82. The number of nitrogens with zero attached hydrogens (tertiary/aromatic N) is 2. The Morgan fingerprint density at radius 2 is 0.806 bits per heavy atom. The molecule has 0 unspecified atom stereocenters. The molecular weight excluding hydrogens is 436 g/mol. The molecule has 0 bridgehead atoms. The third-order valence-corrected chi connectivity index (χ3v) is 6.87. The lowest BCUT2D eigenvalue weighted by molar-refractivity contribution is 1.37. The van der Waals surface area contributed by atoms with E-state index in [1.54, 1.807) is 0 Å². The highest BCUT2D eigenvalue weighted by Crippen LogP contribution is 2.36. The van der Waals surface area contributed by atoms with Gasteiger partial charge in [-0.15, -0.1) is 0 Å². The van der Waals surface area contributed by atoms with Crippen LogP contribution in [0.3, 0.4) is 0 Å². The van der Waals surface area contributed by atoms with Crippen molar-refractivity contribution < 1.29 is 0 Å². The molecule has 0 fully saturated rings. The van der Waals surface area contributed by atoms with Crippen LogP contribution in [0.25, 0.3) is 66.2 Å². The highest BCUT2D eigenvalue weighted by atomic mass is 14.8. The van der Waals surface area contributed by atoms with Crippen molar-refractivity contribution in [2.24, 2.45) is 0 Å². The van der Waals surface area contributed by atoms with Gasteiger partial charge in [0.25, 0.3) is 0 Å². The van der Waals surface area contributed by atoms with Gasteiger partial charge in [-0.1, -0.05) is 121 Å². The molecule has 7 aromatic rings. The fourth-order valence-corrected chi connectivity index (χ4v) is 5.08. The molecule has 168 valence electrons. The Morgan fingerprint density at radius 1 is 0.333 bits per heavy atom. The molecule has 0 aliphatic carbocycles. The van der Waals surface area contributed by atoms with Gasteiger partial charge >= 0.3 is 0 Å². The Balaban J connectivity index is 1.45. The summed E-state index contributed by atoms with van der Waals surface area (Å²) in [6, 6.07) is 46.7. The lowest BCUT2D eigenvalue weighted by atomic mass is 9.93. The summed E-state index contributed by atoms with van der Waals surface area (Å²) >= 11 is 0. The third kappa shape index (κ3) is 3.43. The Hall–Kier alpha value is -4.82. The second kappa shape index (κ2) is 8.44. The van der Waals surface area contributed by atoms with E-state index in [2.05, 4.69) is 115 Å². The highest BCUT2D eigenvalue weighted by Gasteiger charge is 2.12. The van der Waals surface area contributed by atoms with Crippen LogP contribution >= 0.6 is 0 Å². The van der Waals surface area contributed by atoms with Crippen molar-refractivity contribution in [2.45, 2.75) is 0 Å². The summed E-state index contributed by atoms with van der Waals surface area (Å²) in [5.74, 6) is 0. The first-order valence-electron chi connectivity index (χ1n) is 12.2. The second-order valence-corrected chi connectivity index (χ2v) is 9.04. The summed E-state index contributed by atoms with van der Waals surface area (Å²) in [6.45, 7) is 0. The van der Waals surface area contributed by atoms with Gasteiger partial charge in [0.05, 0.1) is 22.4 Å². The minimum Gasteiger partial charge on any atom is -0.245 e. The van der Waals surface area contributed by atoms with Gasteiger partial charge in [-0.05, 0) is 34.0 Å². The molecule has 0 N–H and O–H groups in total. The van der Waals surface area contributed by atoms with Gasteiger partial charge in [-0.3, -0.25) is 0 Å². The molecule has 0 saturated carbocycles. The number of fused-ring (bicyclic) bond motifs is 4. The predicted molar refractivity (Wildman–Crippen MR) is 151 cm³/mol. The molecule has 2 heteroatoms. The molecule has 0 aliphatic heterocycles. The molecule has 0 amide bonds. The summed E-state index contributed by atoms with van der Waals surface area (Å²) in [5.41, 5.74) is 8.46. The molecule has 0 spiro atoms. The Labute approximate surface area is 209 Å². The van der Waals surface area contributed by atoms with E-state index in [1.165, 1.54) is 21.9 Å². The van der Waals surface area contributed by atoms with Crippen molar-refractivity contribution in [2.75, 3.05) is 0 Å². The van der Waals surface area contributed by atoms with Crippen molar-refractivity contribution in [3.63, 3.8) is 0 Å². The Morgan fingerprint density at radius 3 is 1.47 bits per heavy atom. The minimum atomic E-state index is 0.930. The fraction of sp³-hybridized carbons (Fsp3) is 0. The van der Waals surface area contributed by atoms with Crippen LogP contribution in [0.2, 0.25) is 0 Å². The molecule has 0 aliphatic rings. The Bertz CT molecular complexity index is 1870. The smallest absolute Gasteiger partial charge is 0.0972 e. The van der Waals surface area contributed by atoms with Crippen LogP contribution in [0.15, 0.2) is 133 Å². The number of aromatic nitrogens is 2. The lowest BCUT2D eigenvalue weighted by Crippen LogP contribution is -1.92. The molecule has 0 radical (unpaired) electrons. The van der Waals surface area contributed by atoms with E-state index in [4.69, 9.17) is 9.97 Å². The van der Waals surface area contributed by atoms with Crippen molar-refractivity contribution in [1.29, 1.82) is 0 Å². The predicted octanol–water partition coefficient (Wildman–Crippen LogP) is 8.94. The SMILES string of the molecule is c1ccc(-c2ccc3ccc4ccc(-c5ccc(-c6ccccc6)c6ccccc56)nc4c3n2)cc1. The normalized spacial score (nSPS) is 11.3. The summed E-state index contributed by atoms with van der Waals surface area (Å²) < 4.78 is 0. The van der Waals surface area contributed by atoms with Gasteiger partial charge < -0.3 is 0 Å². The van der Waals surface area contributed by atoms with Crippen molar-refractivity contribution in [1.82, 2.24) is 9.97 Å². The zero-order chi connectivity index (χ0) is 23.9. The standard InChI is InChI=1S/C34H22N2/c1-3-9-23(10-4-1)27-19-20-30(29-14-8-7-13-28(27)29)32-22-18-26-16-15-25-17-21-31(24-11-5-2-6-12-24)35-33(25)34(26)36-32/h1-22H. The van der Waals surface area contributed by atoms with Gasteiger partial charge in [0.15, 0.2) is 0 Å². The molecule has 2 aromatic heterocycles. The molecule has 2 heterocycles. The van der Waals surface area contributed by atoms with E-state index in [9.17, 15) is 0 Å². The monoisotopic (exact) mass is 458 g/mol. The van der Waals surface area contributed by atoms with E-state index >= 15 is 0 Å². The van der Waals surface area contributed by atoms with Crippen molar-refractivity contribution >= 4 is 32.6 Å². The maximum atomic E-state index is 5.20. The number of benzene rings is 5. The summed E-state index contributed by atoms with van der Waals surface area (Å²) in [4.78, 5) is 10.3. The molecule has 36 heavy (non-hydrogen) atoms. The second-order valence-electron chi connectivity index (χ2n) is 9.04. The first-order valence-corrected chi connectivity index (χ1v) is 12.2. The van der Waals surface area contributed by atoms with Gasteiger partial charge in [-0.2, -0.15) is 0 Å². The molecule has 0 saturated heterocycles. The van der Waals surface area contributed by atoms with Crippen molar-refractivity contribution in [3.05, 3.63) is 133 Å². The van der Waals surface area contributed by atoms with Gasteiger partial charge in [0.1, 0.15) is 0 Å². The lowest BCUT2D eigenvalue weighted by Gasteiger charge is -2.13. The first-order chi connectivity index (χ1) is 17.8. The summed E-state index contributed by atoms with van der Waals surface area (Å²) in [5, 5.41) is 4.61. The maximum absolute atomic E-state index is 5.20. The van der Waals surface area contributed by atoms with E-state index in [1.807, 2.05) is 18.2 Å². The number of rotatable bonds is 3. The molecule has 5 aromatic carbocycles. The van der Waals surface area contributed by atoms with Gasteiger partial charge in [-0.25, -0.2) is 9.97 Å². The van der Waals surface area contributed by atoms with Crippen LogP contribution in [0.5, 0.6) is 0 Å². The van der Waals surface area contributed by atoms with E-state index in [-0.39, 0.29) is 0 Å². The topological polar surface area (TPSA) is 25.8 Å². The van der Waals surface area contributed by atoms with Crippen LogP contribution in [0.4, 0.5) is 0 Å². The number of hydrogen-bond acceptors (Lipinski definition) is 2. The largest absolute Gasteiger partial charge is 0.245 e. The molecule has 0 atom stereocenters. The zero-order valence-electron chi connectivity index (χ0n) is 19.6. The zero-order valence-corrected chi connectivity index (χ0v) is 19.6. The minimum absolute atomic E-state index is 0.930. The maximum Gasteiger partial charge on any atom is 0.0972 e. The summed E-state index contributed by atoms with van der Waals surface area (Å²) in [6.07, 6.45) is 0. The van der Waals surface area contributed by atoms with Crippen molar-refractivity contribution in [3.8, 4) is 33.6 Å². The van der Waals surface area contributed by atoms with Gasteiger partial charge in [0, 0.05) is 21.9 Å². The molecule has 7 rings (SSSR count). The molecular formula is C34H22N2. The number of pyridine rings is 2. The average Bonchev–Trinajstić information content (AvgIpc) is 2.97. The summed E-state index contributed by atoms with van der Waals surface area (Å²) in [7, 11) is 0.